The number of rotatable bonds is 4. The third-order valence-electron chi connectivity index (χ3n) is 4.77. The molecule has 0 spiro atoms. The van der Waals surface area contributed by atoms with Crippen molar-refractivity contribution in [3.63, 3.8) is 0 Å². The molecule has 1 aromatic carbocycles. The summed E-state index contributed by atoms with van der Waals surface area (Å²) in [5.74, 6) is 1.31. The van der Waals surface area contributed by atoms with Crippen LogP contribution in [-0.2, 0) is 6.54 Å². The summed E-state index contributed by atoms with van der Waals surface area (Å²) in [5.41, 5.74) is 1.07. The molecule has 0 amide bonds. The minimum absolute atomic E-state index is 0.155. The van der Waals surface area contributed by atoms with Crippen molar-refractivity contribution in [3.05, 3.63) is 34.1 Å². The molecule has 1 aliphatic carbocycles. The maximum absolute atomic E-state index is 13.6. The van der Waals surface area contributed by atoms with Crippen LogP contribution >= 0.6 is 15.9 Å². The molecule has 2 aliphatic rings. The first-order chi connectivity index (χ1) is 10.0. The van der Waals surface area contributed by atoms with E-state index in [1.807, 2.05) is 6.07 Å². The Hall–Kier alpha value is -0.450. The highest BCUT2D eigenvalue weighted by Gasteiger charge is 2.39. The van der Waals surface area contributed by atoms with Gasteiger partial charge in [0.15, 0.2) is 0 Å². The lowest BCUT2D eigenvalue weighted by Gasteiger charge is -2.42. The van der Waals surface area contributed by atoms with Gasteiger partial charge in [-0.3, -0.25) is 4.90 Å². The van der Waals surface area contributed by atoms with Crippen molar-refractivity contribution in [2.24, 2.45) is 11.8 Å². The molecule has 2 fully saturated rings. The fourth-order valence-electron chi connectivity index (χ4n) is 3.36. The van der Waals surface area contributed by atoms with E-state index in [1.165, 1.54) is 18.9 Å². The first-order valence-electron chi connectivity index (χ1n) is 7.95. The molecule has 2 atom stereocenters. The molecule has 0 radical (unpaired) electrons. The zero-order valence-corrected chi connectivity index (χ0v) is 14.4. The van der Waals surface area contributed by atoms with Crippen molar-refractivity contribution in [1.29, 1.82) is 0 Å². The zero-order valence-electron chi connectivity index (χ0n) is 12.8. The first-order valence-corrected chi connectivity index (χ1v) is 8.74. The molecule has 2 nitrogen and oxygen atoms in total. The van der Waals surface area contributed by atoms with E-state index in [1.54, 1.807) is 6.07 Å². The van der Waals surface area contributed by atoms with Crippen molar-refractivity contribution in [2.45, 2.75) is 45.3 Å². The number of hydrogen-bond acceptors (Lipinski definition) is 2. The molecule has 3 rings (SSSR count). The second-order valence-corrected chi connectivity index (χ2v) is 7.79. The van der Waals surface area contributed by atoms with Gasteiger partial charge in [-0.1, -0.05) is 29.8 Å². The molecule has 21 heavy (non-hydrogen) atoms. The lowest BCUT2D eigenvalue weighted by molar-refractivity contribution is 0.0925. The van der Waals surface area contributed by atoms with Gasteiger partial charge in [0.05, 0.1) is 0 Å². The summed E-state index contributed by atoms with van der Waals surface area (Å²) in [6.07, 6.45) is 2.70. The Morgan fingerprint density at radius 3 is 2.71 bits per heavy atom. The van der Waals surface area contributed by atoms with Crippen LogP contribution in [0.25, 0.3) is 0 Å². The standard InChI is InChI=1S/C17H24BrFN2/c1-11(2)16-10-21(17(8-20-16)13-3-4-13)9-12-5-14(18)7-15(19)6-12/h5-7,11,13,16-17,20H,3-4,8-10H2,1-2H3. The molecule has 2 unspecified atom stereocenters. The molecule has 0 bridgehead atoms. The van der Waals surface area contributed by atoms with Gasteiger partial charge in [-0.05, 0) is 48.4 Å². The normalized spacial score (nSPS) is 27.3. The predicted octanol–water partition coefficient (Wildman–Crippen LogP) is 3.80. The molecule has 4 heteroatoms. The van der Waals surface area contributed by atoms with Gasteiger partial charge in [-0.15, -0.1) is 0 Å². The molecule has 1 saturated heterocycles. The van der Waals surface area contributed by atoms with Gasteiger partial charge >= 0.3 is 0 Å². The van der Waals surface area contributed by atoms with E-state index in [0.29, 0.717) is 18.0 Å². The highest BCUT2D eigenvalue weighted by molar-refractivity contribution is 9.10. The average Bonchev–Trinajstić information content (AvgIpc) is 3.21. The third kappa shape index (κ3) is 3.85. The number of benzene rings is 1. The first kappa shape index (κ1) is 15.4. The van der Waals surface area contributed by atoms with E-state index >= 15 is 0 Å². The van der Waals surface area contributed by atoms with E-state index in [2.05, 4.69) is 40.0 Å². The van der Waals surface area contributed by atoms with Crippen LogP contribution in [0.2, 0.25) is 0 Å². The van der Waals surface area contributed by atoms with Crippen molar-refractivity contribution in [3.8, 4) is 0 Å². The van der Waals surface area contributed by atoms with Crippen molar-refractivity contribution < 1.29 is 4.39 Å². The molecule has 0 aromatic heterocycles. The lowest BCUT2D eigenvalue weighted by Crippen LogP contribution is -2.58. The predicted molar refractivity (Wildman–Crippen MR) is 87.7 cm³/mol. The summed E-state index contributed by atoms with van der Waals surface area (Å²) < 4.78 is 14.4. The molecule has 1 heterocycles. The summed E-state index contributed by atoms with van der Waals surface area (Å²) in [6.45, 7) is 7.53. The Balaban J connectivity index is 1.75. The van der Waals surface area contributed by atoms with Gasteiger partial charge in [0.2, 0.25) is 0 Å². The highest BCUT2D eigenvalue weighted by Crippen LogP contribution is 2.37. The number of halogens is 2. The second kappa shape index (κ2) is 6.35. The largest absolute Gasteiger partial charge is 0.311 e. The SMILES string of the molecule is CC(C)C1CN(Cc2cc(F)cc(Br)c2)C(C2CC2)CN1. The van der Waals surface area contributed by atoms with E-state index in [9.17, 15) is 4.39 Å². The third-order valence-corrected chi connectivity index (χ3v) is 5.23. The van der Waals surface area contributed by atoms with Gasteiger partial charge in [0, 0.05) is 36.2 Å². The average molecular weight is 355 g/mol. The van der Waals surface area contributed by atoms with Crippen molar-refractivity contribution in [1.82, 2.24) is 10.2 Å². The number of hydrogen-bond donors (Lipinski definition) is 1. The van der Waals surface area contributed by atoms with Gasteiger partial charge in [0.25, 0.3) is 0 Å². The number of piperazine rings is 1. The minimum atomic E-state index is -0.155. The Morgan fingerprint density at radius 1 is 1.33 bits per heavy atom. The van der Waals surface area contributed by atoms with Crippen LogP contribution in [0.3, 0.4) is 0 Å². The fourth-order valence-corrected chi connectivity index (χ4v) is 3.88. The minimum Gasteiger partial charge on any atom is -0.311 e. The monoisotopic (exact) mass is 354 g/mol. The number of nitrogens with zero attached hydrogens (tertiary/aromatic N) is 1. The van der Waals surface area contributed by atoms with Crippen LogP contribution in [0.15, 0.2) is 22.7 Å². The molecular weight excluding hydrogens is 331 g/mol. The van der Waals surface area contributed by atoms with Gasteiger partial charge in [-0.25, -0.2) is 4.39 Å². The van der Waals surface area contributed by atoms with Crippen molar-refractivity contribution in [2.75, 3.05) is 13.1 Å². The summed E-state index contributed by atoms with van der Waals surface area (Å²) in [5, 5.41) is 3.70. The van der Waals surface area contributed by atoms with Crippen molar-refractivity contribution >= 4 is 15.9 Å². The topological polar surface area (TPSA) is 15.3 Å². The Labute approximate surface area is 135 Å². The van der Waals surface area contributed by atoms with Crippen LogP contribution < -0.4 is 5.32 Å². The quantitative estimate of drug-likeness (QED) is 0.884. The maximum Gasteiger partial charge on any atom is 0.124 e. The molecular formula is C17H24BrFN2. The van der Waals surface area contributed by atoms with E-state index in [-0.39, 0.29) is 5.82 Å². The van der Waals surface area contributed by atoms with Gasteiger partial charge < -0.3 is 5.32 Å². The summed E-state index contributed by atoms with van der Waals surface area (Å²) >= 11 is 3.40. The molecule has 1 saturated carbocycles. The zero-order chi connectivity index (χ0) is 15.0. The van der Waals surface area contributed by atoms with Gasteiger partial charge in [-0.2, -0.15) is 0 Å². The summed E-state index contributed by atoms with van der Waals surface area (Å²) in [6, 6.07) is 6.39. The molecule has 1 aliphatic heterocycles. The summed E-state index contributed by atoms with van der Waals surface area (Å²) in [7, 11) is 0. The Kier molecular flexibility index (Phi) is 4.67. The van der Waals surface area contributed by atoms with Crippen LogP contribution in [0.1, 0.15) is 32.3 Å². The maximum atomic E-state index is 13.6. The lowest BCUT2D eigenvalue weighted by atomic mass is 9.97. The Bertz CT molecular complexity index is 481. The molecule has 1 N–H and O–H groups in total. The Morgan fingerprint density at radius 2 is 2.10 bits per heavy atom. The molecule has 116 valence electrons. The number of nitrogens with one attached hydrogen (secondary N) is 1. The highest BCUT2D eigenvalue weighted by atomic mass is 79.9. The fraction of sp³-hybridized carbons (Fsp3) is 0.647. The summed E-state index contributed by atoms with van der Waals surface area (Å²) in [4.78, 5) is 2.57. The van der Waals surface area contributed by atoms with Crippen LogP contribution in [0.4, 0.5) is 4.39 Å². The van der Waals surface area contributed by atoms with Crippen LogP contribution in [0.5, 0.6) is 0 Å². The van der Waals surface area contributed by atoms with E-state index in [4.69, 9.17) is 0 Å². The second-order valence-electron chi connectivity index (χ2n) is 6.87. The van der Waals surface area contributed by atoms with Crippen LogP contribution in [0, 0.1) is 17.7 Å². The van der Waals surface area contributed by atoms with E-state index < -0.39 is 0 Å². The molecule has 1 aromatic rings. The smallest absolute Gasteiger partial charge is 0.124 e. The van der Waals surface area contributed by atoms with Gasteiger partial charge in [0.1, 0.15) is 5.82 Å². The van der Waals surface area contributed by atoms with E-state index in [0.717, 1.165) is 35.6 Å². The van der Waals surface area contributed by atoms with Crippen LogP contribution in [-0.4, -0.2) is 30.1 Å².